The molecule has 3 aliphatic rings. The molecule has 0 heterocycles. The fourth-order valence-electron chi connectivity index (χ4n) is 5.62. The van der Waals surface area contributed by atoms with E-state index in [0.29, 0.717) is 0 Å². The van der Waals surface area contributed by atoms with Gasteiger partial charge in [-0.1, -0.05) is 37.6 Å². The number of rotatable bonds is 4. The molecule has 2 bridgehead atoms. The molecular weight excluding hydrogens is 242 g/mol. The van der Waals surface area contributed by atoms with Gasteiger partial charge in [0.2, 0.25) is 0 Å². The molecule has 1 aromatic rings. The second kappa shape index (κ2) is 5.18. The molecule has 5 unspecified atom stereocenters. The first-order valence-electron chi connectivity index (χ1n) is 8.67. The Morgan fingerprint density at radius 3 is 2.65 bits per heavy atom. The highest BCUT2D eigenvalue weighted by atomic mass is 14.9. The number of hydrogen-bond acceptors (Lipinski definition) is 1. The van der Waals surface area contributed by atoms with E-state index in [1.807, 2.05) is 0 Å². The van der Waals surface area contributed by atoms with Crippen LogP contribution in [0.5, 0.6) is 0 Å². The molecule has 108 valence electrons. The van der Waals surface area contributed by atoms with E-state index in [4.69, 9.17) is 0 Å². The summed E-state index contributed by atoms with van der Waals surface area (Å²) >= 11 is 0. The van der Waals surface area contributed by atoms with Crippen molar-refractivity contribution in [3.63, 3.8) is 0 Å². The average molecular weight is 269 g/mol. The van der Waals surface area contributed by atoms with Crippen molar-refractivity contribution in [3.05, 3.63) is 35.4 Å². The first-order chi connectivity index (χ1) is 9.86. The minimum Gasteiger partial charge on any atom is -0.310 e. The Hall–Kier alpha value is -0.820. The van der Waals surface area contributed by atoms with Crippen LogP contribution in [0.1, 0.15) is 50.2 Å². The lowest BCUT2D eigenvalue weighted by Crippen LogP contribution is -2.39. The Bertz CT molecular complexity index is 480. The predicted octanol–water partition coefficient (Wildman–Crippen LogP) is 4.16. The van der Waals surface area contributed by atoms with E-state index in [0.717, 1.165) is 42.7 Å². The third-order valence-corrected chi connectivity index (χ3v) is 6.48. The molecule has 3 saturated carbocycles. The second-order valence-electron chi connectivity index (χ2n) is 7.26. The van der Waals surface area contributed by atoms with Gasteiger partial charge in [-0.2, -0.15) is 0 Å². The van der Waals surface area contributed by atoms with Crippen LogP contribution in [-0.2, 0) is 13.0 Å². The van der Waals surface area contributed by atoms with Gasteiger partial charge < -0.3 is 5.32 Å². The lowest BCUT2D eigenvalue weighted by Gasteiger charge is -2.32. The summed E-state index contributed by atoms with van der Waals surface area (Å²) in [6.07, 6.45) is 8.71. The first-order valence-corrected chi connectivity index (χ1v) is 8.67. The molecule has 0 saturated heterocycles. The highest BCUT2D eigenvalue weighted by Gasteiger charge is 2.53. The fourth-order valence-corrected chi connectivity index (χ4v) is 5.62. The van der Waals surface area contributed by atoms with Crippen LogP contribution in [0.4, 0.5) is 0 Å². The van der Waals surface area contributed by atoms with Crippen molar-refractivity contribution in [3.8, 4) is 0 Å². The summed E-state index contributed by atoms with van der Waals surface area (Å²) in [4.78, 5) is 0. The topological polar surface area (TPSA) is 12.0 Å². The molecule has 0 amide bonds. The first kappa shape index (κ1) is 12.9. The van der Waals surface area contributed by atoms with E-state index in [-0.39, 0.29) is 0 Å². The Morgan fingerprint density at radius 2 is 1.80 bits per heavy atom. The van der Waals surface area contributed by atoms with Crippen molar-refractivity contribution < 1.29 is 0 Å². The summed E-state index contributed by atoms with van der Waals surface area (Å²) < 4.78 is 0. The Morgan fingerprint density at radius 1 is 1.00 bits per heavy atom. The molecule has 3 fully saturated rings. The molecule has 0 radical (unpaired) electrons. The summed E-state index contributed by atoms with van der Waals surface area (Å²) in [5.74, 6) is 4.25. The van der Waals surface area contributed by atoms with E-state index in [1.54, 1.807) is 0 Å². The number of nitrogens with one attached hydrogen (secondary N) is 1. The highest BCUT2D eigenvalue weighted by Crippen LogP contribution is 2.58. The highest BCUT2D eigenvalue weighted by molar-refractivity contribution is 5.27. The van der Waals surface area contributed by atoms with Crippen LogP contribution in [0.3, 0.4) is 0 Å². The Kier molecular flexibility index (Phi) is 3.34. The van der Waals surface area contributed by atoms with Crippen LogP contribution >= 0.6 is 0 Å². The van der Waals surface area contributed by atoms with Gasteiger partial charge in [-0.3, -0.25) is 0 Å². The third-order valence-electron chi connectivity index (χ3n) is 6.48. The smallest absolute Gasteiger partial charge is 0.0210 e. The maximum absolute atomic E-state index is 3.92. The van der Waals surface area contributed by atoms with Gasteiger partial charge in [-0.15, -0.1) is 0 Å². The number of aryl methyl sites for hydroxylation is 1. The maximum Gasteiger partial charge on any atom is 0.0210 e. The van der Waals surface area contributed by atoms with Gasteiger partial charge in [0.15, 0.2) is 0 Å². The zero-order valence-electron chi connectivity index (χ0n) is 12.6. The zero-order chi connectivity index (χ0) is 13.5. The van der Waals surface area contributed by atoms with Crippen molar-refractivity contribution in [2.75, 3.05) is 0 Å². The van der Waals surface area contributed by atoms with Gasteiger partial charge in [-0.05, 0) is 66.9 Å². The molecule has 5 atom stereocenters. The lowest BCUT2D eigenvalue weighted by atomic mass is 9.79. The molecule has 0 aromatic heterocycles. The van der Waals surface area contributed by atoms with Gasteiger partial charge in [0, 0.05) is 12.6 Å². The number of benzene rings is 1. The minimum atomic E-state index is 0.810. The monoisotopic (exact) mass is 269 g/mol. The van der Waals surface area contributed by atoms with E-state index in [1.165, 1.54) is 43.2 Å². The van der Waals surface area contributed by atoms with Crippen molar-refractivity contribution in [1.82, 2.24) is 5.32 Å². The quantitative estimate of drug-likeness (QED) is 0.865. The van der Waals surface area contributed by atoms with Crippen molar-refractivity contribution >= 4 is 0 Å². The summed E-state index contributed by atoms with van der Waals surface area (Å²) in [7, 11) is 0. The average Bonchev–Trinajstić information content (AvgIpc) is 3.17. The summed E-state index contributed by atoms with van der Waals surface area (Å²) in [5.41, 5.74) is 3.03. The van der Waals surface area contributed by atoms with Crippen LogP contribution < -0.4 is 5.32 Å². The molecular formula is C19H27N. The molecule has 0 aliphatic heterocycles. The molecule has 20 heavy (non-hydrogen) atoms. The molecule has 1 aromatic carbocycles. The largest absolute Gasteiger partial charge is 0.310 e. The summed E-state index contributed by atoms with van der Waals surface area (Å²) in [6, 6.07) is 9.75. The Labute approximate surface area is 123 Å². The van der Waals surface area contributed by atoms with Crippen LogP contribution in [0.15, 0.2) is 24.3 Å². The molecule has 1 nitrogen and oxygen atoms in total. The second-order valence-corrected chi connectivity index (χ2v) is 7.26. The van der Waals surface area contributed by atoms with Crippen LogP contribution in [0.25, 0.3) is 0 Å². The Balaban J connectivity index is 1.41. The van der Waals surface area contributed by atoms with Crippen LogP contribution in [0.2, 0.25) is 0 Å². The van der Waals surface area contributed by atoms with Gasteiger partial charge in [0.05, 0.1) is 0 Å². The standard InChI is InChI=1S/C19H27N/c1-2-13-6-3-4-7-14(13)12-20-19-11-15-10-18(19)17-9-5-8-16(15)17/h3-4,6-7,15-20H,2,5,8-12H2,1H3. The van der Waals surface area contributed by atoms with Crippen molar-refractivity contribution in [2.24, 2.45) is 23.7 Å². The van der Waals surface area contributed by atoms with Gasteiger partial charge in [-0.25, -0.2) is 0 Å². The molecule has 1 N–H and O–H groups in total. The third kappa shape index (κ3) is 2.02. The van der Waals surface area contributed by atoms with Crippen LogP contribution in [-0.4, -0.2) is 6.04 Å². The summed E-state index contributed by atoms with van der Waals surface area (Å²) in [6.45, 7) is 3.34. The SMILES string of the molecule is CCc1ccccc1CNC1CC2CC1C1CCCC21. The van der Waals surface area contributed by atoms with E-state index < -0.39 is 0 Å². The van der Waals surface area contributed by atoms with Crippen molar-refractivity contribution in [1.29, 1.82) is 0 Å². The van der Waals surface area contributed by atoms with E-state index in [9.17, 15) is 0 Å². The van der Waals surface area contributed by atoms with E-state index in [2.05, 4.69) is 36.5 Å². The molecule has 4 rings (SSSR count). The molecule has 3 aliphatic carbocycles. The van der Waals surface area contributed by atoms with Gasteiger partial charge >= 0.3 is 0 Å². The van der Waals surface area contributed by atoms with Crippen molar-refractivity contribution in [2.45, 2.75) is 58.0 Å². The number of fused-ring (bicyclic) bond motifs is 5. The number of hydrogen-bond donors (Lipinski definition) is 1. The molecule has 1 heteroatoms. The normalized spacial score (nSPS) is 38.4. The van der Waals surface area contributed by atoms with Crippen LogP contribution in [0, 0.1) is 23.7 Å². The van der Waals surface area contributed by atoms with Gasteiger partial charge in [0.25, 0.3) is 0 Å². The fraction of sp³-hybridized carbons (Fsp3) is 0.684. The molecule has 0 spiro atoms. The lowest BCUT2D eigenvalue weighted by molar-refractivity contribution is 0.208. The van der Waals surface area contributed by atoms with E-state index >= 15 is 0 Å². The maximum atomic E-state index is 3.92. The zero-order valence-corrected chi connectivity index (χ0v) is 12.6. The van der Waals surface area contributed by atoms with Gasteiger partial charge in [0.1, 0.15) is 0 Å². The predicted molar refractivity (Wildman–Crippen MR) is 83.5 cm³/mol. The summed E-state index contributed by atoms with van der Waals surface area (Å²) in [5, 5.41) is 3.92. The minimum absolute atomic E-state index is 0.810.